The third-order valence-corrected chi connectivity index (χ3v) is 1.58. The van der Waals surface area contributed by atoms with Gasteiger partial charge in [-0.15, -0.1) is 0 Å². The minimum Gasteiger partial charge on any atom is -0.269 e. The molecule has 1 aliphatic rings. The molecular weight excluding hydrogens is 134 g/mol. The largest absolute Gasteiger partial charge is 0.269 e. The maximum absolute atomic E-state index is 4.12. The highest BCUT2D eigenvalue weighted by Crippen LogP contribution is 2.15. The fraction of sp³-hybridized carbons (Fsp3) is 0.700. The summed E-state index contributed by atoms with van der Waals surface area (Å²) < 4.78 is 0. The molecule has 64 valence electrons. The molecule has 0 aromatic carbocycles. The second-order valence-electron chi connectivity index (χ2n) is 2.85. The highest BCUT2D eigenvalue weighted by molar-refractivity contribution is 5.59. The third-order valence-electron chi connectivity index (χ3n) is 1.58. The SMILES string of the molecule is CC.CC1=CN=CCC(C)C1. The zero-order valence-electron chi connectivity index (χ0n) is 8.09. The molecule has 0 N–H and O–H groups in total. The Hall–Kier alpha value is -0.590. The zero-order valence-corrected chi connectivity index (χ0v) is 8.09. The molecule has 0 saturated heterocycles. The van der Waals surface area contributed by atoms with Crippen molar-refractivity contribution in [3.05, 3.63) is 11.8 Å². The van der Waals surface area contributed by atoms with Crippen molar-refractivity contribution < 1.29 is 0 Å². The minimum absolute atomic E-state index is 0.785. The van der Waals surface area contributed by atoms with Crippen molar-refractivity contribution in [3.63, 3.8) is 0 Å². The Kier molecular flexibility index (Phi) is 5.81. The topological polar surface area (TPSA) is 12.4 Å². The van der Waals surface area contributed by atoms with E-state index >= 15 is 0 Å². The Morgan fingerprint density at radius 3 is 2.73 bits per heavy atom. The van der Waals surface area contributed by atoms with Gasteiger partial charge in [0, 0.05) is 12.4 Å². The highest BCUT2D eigenvalue weighted by atomic mass is 14.7. The van der Waals surface area contributed by atoms with Crippen molar-refractivity contribution in [2.75, 3.05) is 0 Å². The number of rotatable bonds is 0. The van der Waals surface area contributed by atoms with Crippen molar-refractivity contribution in [1.29, 1.82) is 0 Å². The first-order valence-corrected chi connectivity index (χ1v) is 4.46. The smallest absolute Gasteiger partial charge is 0.0253 e. The van der Waals surface area contributed by atoms with Gasteiger partial charge >= 0.3 is 0 Å². The van der Waals surface area contributed by atoms with Gasteiger partial charge in [0.2, 0.25) is 0 Å². The second kappa shape index (κ2) is 6.14. The molecular formula is C10H19N. The molecule has 0 aliphatic carbocycles. The Labute approximate surface area is 70.2 Å². The first-order chi connectivity index (χ1) is 5.29. The van der Waals surface area contributed by atoms with Crippen molar-refractivity contribution in [2.24, 2.45) is 10.9 Å². The lowest BCUT2D eigenvalue weighted by Gasteiger charge is -2.03. The van der Waals surface area contributed by atoms with E-state index in [9.17, 15) is 0 Å². The van der Waals surface area contributed by atoms with Crippen LogP contribution in [0.4, 0.5) is 0 Å². The van der Waals surface area contributed by atoms with Crippen LogP contribution in [0, 0.1) is 5.92 Å². The lowest BCUT2D eigenvalue weighted by molar-refractivity contribution is 0.611. The molecule has 0 amide bonds. The van der Waals surface area contributed by atoms with Gasteiger partial charge in [0.25, 0.3) is 0 Å². The summed E-state index contributed by atoms with van der Waals surface area (Å²) >= 11 is 0. The maximum atomic E-state index is 4.12. The van der Waals surface area contributed by atoms with E-state index in [1.54, 1.807) is 0 Å². The molecule has 0 saturated carbocycles. The van der Waals surface area contributed by atoms with E-state index in [0.29, 0.717) is 0 Å². The molecule has 0 aromatic heterocycles. The molecule has 11 heavy (non-hydrogen) atoms. The van der Waals surface area contributed by atoms with E-state index in [0.717, 1.165) is 12.3 Å². The fourth-order valence-electron chi connectivity index (χ4n) is 1.11. The summed E-state index contributed by atoms with van der Waals surface area (Å²) in [5, 5.41) is 0. The summed E-state index contributed by atoms with van der Waals surface area (Å²) in [6, 6.07) is 0. The second-order valence-corrected chi connectivity index (χ2v) is 2.85. The highest BCUT2D eigenvalue weighted by Gasteiger charge is 2.02. The van der Waals surface area contributed by atoms with Crippen LogP contribution in [0.3, 0.4) is 0 Å². The number of nitrogens with zero attached hydrogens (tertiary/aromatic N) is 1. The molecule has 1 aliphatic heterocycles. The molecule has 1 heteroatoms. The average molecular weight is 153 g/mol. The third kappa shape index (κ3) is 4.77. The minimum atomic E-state index is 0.785. The standard InChI is InChI=1S/C8H13N.C2H6/c1-7-3-4-9-6-8(2)5-7;1-2/h4,6-7H,3,5H2,1-2H3;1-2H3. The molecule has 0 spiro atoms. The van der Waals surface area contributed by atoms with Crippen LogP contribution in [0.1, 0.15) is 40.5 Å². The van der Waals surface area contributed by atoms with E-state index in [2.05, 4.69) is 18.8 Å². The Morgan fingerprint density at radius 1 is 1.45 bits per heavy atom. The van der Waals surface area contributed by atoms with E-state index < -0.39 is 0 Å². The van der Waals surface area contributed by atoms with Gasteiger partial charge in [-0.1, -0.05) is 26.3 Å². The van der Waals surface area contributed by atoms with Crippen LogP contribution >= 0.6 is 0 Å². The molecule has 1 rings (SSSR count). The summed E-state index contributed by atoms with van der Waals surface area (Å²) in [5.74, 6) is 0.785. The van der Waals surface area contributed by atoms with E-state index in [1.807, 2.05) is 26.3 Å². The van der Waals surface area contributed by atoms with Crippen LogP contribution in [-0.4, -0.2) is 6.21 Å². The zero-order chi connectivity index (χ0) is 8.69. The summed E-state index contributed by atoms with van der Waals surface area (Å²) in [7, 11) is 0. The van der Waals surface area contributed by atoms with Crippen LogP contribution in [0.25, 0.3) is 0 Å². The Morgan fingerprint density at radius 2 is 2.09 bits per heavy atom. The van der Waals surface area contributed by atoms with E-state index in [-0.39, 0.29) is 0 Å². The monoisotopic (exact) mass is 153 g/mol. The number of allylic oxidation sites excluding steroid dienone is 1. The summed E-state index contributed by atoms with van der Waals surface area (Å²) in [6.45, 7) is 8.40. The van der Waals surface area contributed by atoms with Gasteiger partial charge in [0.05, 0.1) is 0 Å². The van der Waals surface area contributed by atoms with Gasteiger partial charge in [-0.2, -0.15) is 0 Å². The molecule has 1 heterocycles. The molecule has 1 unspecified atom stereocenters. The fourth-order valence-corrected chi connectivity index (χ4v) is 1.11. The van der Waals surface area contributed by atoms with E-state index in [1.165, 1.54) is 12.0 Å². The maximum Gasteiger partial charge on any atom is 0.0253 e. The van der Waals surface area contributed by atoms with Gasteiger partial charge in [-0.25, -0.2) is 0 Å². The normalized spacial score (nSPS) is 22.9. The van der Waals surface area contributed by atoms with Crippen molar-refractivity contribution in [3.8, 4) is 0 Å². The van der Waals surface area contributed by atoms with Gasteiger partial charge in [-0.05, 0) is 25.7 Å². The van der Waals surface area contributed by atoms with Crippen LogP contribution in [0.2, 0.25) is 0 Å². The van der Waals surface area contributed by atoms with Crippen molar-refractivity contribution in [1.82, 2.24) is 0 Å². The molecule has 1 nitrogen and oxygen atoms in total. The first kappa shape index (κ1) is 10.4. The van der Waals surface area contributed by atoms with Crippen LogP contribution in [0.5, 0.6) is 0 Å². The molecule has 0 bridgehead atoms. The molecule has 0 fully saturated rings. The molecule has 1 atom stereocenters. The number of hydrogen-bond acceptors (Lipinski definition) is 1. The lowest BCUT2D eigenvalue weighted by atomic mass is 10.0. The predicted molar refractivity (Wildman–Crippen MR) is 52.0 cm³/mol. The van der Waals surface area contributed by atoms with Crippen LogP contribution < -0.4 is 0 Å². The lowest BCUT2D eigenvalue weighted by Crippen LogP contribution is -1.93. The first-order valence-electron chi connectivity index (χ1n) is 4.46. The molecule has 0 radical (unpaired) electrons. The quantitative estimate of drug-likeness (QED) is 0.505. The van der Waals surface area contributed by atoms with Gasteiger partial charge < -0.3 is 0 Å². The number of hydrogen-bond donors (Lipinski definition) is 0. The van der Waals surface area contributed by atoms with Crippen LogP contribution in [0.15, 0.2) is 16.8 Å². The molecule has 0 aromatic rings. The summed E-state index contributed by atoms with van der Waals surface area (Å²) in [5.41, 5.74) is 1.40. The Bertz CT molecular complexity index is 145. The predicted octanol–water partition coefficient (Wildman–Crippen LogP) is 3.42. The van der Waals surface area contributed by atoms with Crippen LogP contribution in [-0.2, 0) is 0 Å². The number of aliphatic imine (C=N–C) groups is 1. The van der Waals surface area contributed by atoms with Gasteiger partial charge in [-0.3, -0.25) is 4.99 Å². The van der Waals surface area contributed by atoms with Gasteiger partial charge in [0.1, 0.15) is 0 Å². The van der Waals surface area contributed by atoms with Crippen molar-refractivity contribution >= 4 is 6.21 Å². The van der Waals surface area contributed by atoms with Crippen molar-refractivity contribution in [2.45, 2.75) is 40.5 Å². The Balaban J connectivity index is 0.000000461. The van der Waals surface area contributed by atoms with Gasteiger partial charge in [0.15, 0.2) is 0 Å². The summed E-state index contributed by atoms with van der Waals surface area (Å²) in [4.78, 5) is 4.12. The summed E-state index contributed by atoms with van der Waals surface area (Å²) in [6.07, 6.45) is 6.30. The van der Waals surface area contributed by atoms with E-state index in [4.69, 9.17) is 0 Å². The average Bonchev–Trinajstić information content (AvgIpc) is 2.18.